The summed E-state index contributed by atoms with van der Waals surface area (Å²) < 4.78 is 1.68. The number of carboxylic acid groups (broad SMARTS) is 1. The second-order valence-corrected chi connectivity index (χ2v) is 4.22. The van der Waals surface area contributed by atoms with Crippen molar-refractivity contribution < 1.29 is 14.7 Å². The van der Waals surface area contributed by atoms with Gasteiger partial charge in [-0.05, 0) is 19.9 Å². The zero-order chi connectivity index (χ0) is 13.0. The summed E-state index contributed by atoms with van der Waals surface area (Å²) in [4.78, 5) is 22.2. The fourth-order valence-electron chi connectivity index (χ4n) is 1.17. The van der Waals surface area contributed by atoms with Crippen LogP contribution >= 0.6 is 0 Å². The number of hydrogen-bond donors (Lipinski definition) is 2. The molecule has 0 aliphatic heterocycles. The summed E-state index contributed by atoms with van der Waals surface area (Å²) in [6, 6.07) is 1.80. The van der Waals surface area contributed by atoms with Crippen LogP contribution in [-0.2, 0) is 4.79 Å². The highest BCUT2D eigenvalue weighted by atomic mass is 16.4. The van der Waals surface area contributed by atoms with Crippen LogP contribution < -0.4 is 5.32 Å². The van der Waals surface area contributed by atoms with Crippen LogP contribution in [0.4, 0.5) is 0 Å². The molecular formula is C11H17N3O3. The van der Waals surface area contributed by atoms with E-state index in [4.69, 9.17) is 5.11 Å². The smallest absolute Gasteiger partial charge is 0.308 e. The average molecular weight is 239 g/mol. The molecule has 1 rings (SSSR count). The van der Waals surface area contributed by atoms with E-state index < -0.39 is 11.9 Å². The first-order valence-electron chi connectivity index (χ1n) is 5.48. The molecule has 0 aliphatic carbocycles. The Morgan fingerprint density at radius 3 is 2.59 bits per heavy atom. The van der Waals surface area contributed by atoms with Crippen LogP contribution in [-0.4, -0.2) is 33.3 Å². The van der Waals surface area contributed by atoms with E-state index in [1.807, 2.05) is 13.8 Å². The molecule has 1 atom stereocenters. The van der Waals surface area contributed by atoms with Gasteiger partial charge in [-0.25, -0.2) is 0 Å². The van der Waals surface area contributed by atoms with Gasteiger partial charge in [0.1, 0.15) is 5.69 Å². The lowest BCUT2D eigenvalue weighted by atomic mass is 10.2. The van der Waals surface area contributed by atoms with E-state index in [1.165, 1.54) is 6.92 Å². The standard InChI is InChI=1S/C11H17N3O3/c1-7(2)14-5-4-9(13-14)10(15)12-6-8(3)11(16)17/h4-5,7-8H,6H2,1-3H3,(H,12,15)(H,16,17). The monoisotopic (exact) mass is 239 g/mol. The van der Waals surface area contributed by atoms with Gasteiger partial charge in [0.25, 0.3) is 5.91 Å². The van der Waals surface area contributed by atoms with Crippen molar-refractivity contribution in [3.8, 4) is 0 Å². The highest BCUT2D eigenvalue weighted by Gasteiger charge is 2.15. The molecule has 0 fully saturated rings. The fraction of sp³-hybridized carbons (Fsp3) is 0.545. The summed E-state index contributed by atoms with van der Waals surface area (Å²) in [5.74, 6) is -1.89. The van der Waals surface area contributed by atoms with Gasteiger partial charge in [-0.3, -0.25) is 14.3 Å². The minimum atomic E-state index is -0.932. The second-order valence-electron chi connectivity index (χ2n) is 4.22. The van der Waals surface area contributed by atoms with Crippen molar-refractivity contribution in [2.75, 3.05) is 6.54 Å². The summed E-state index contributed by atoms with van der Waals surface area (Å²) in [5, 5.41) is 15.3. The molecule has 1 unspecified atom stereocenters. The molecule has 94 valence electrons. The molecule has 17 heavy (non-hydrogen) atoms. The van der Waals surface area contributed by atoms with Crippen molar-refractivity contribution in [2.24, 2.45) is 5.92 Å². The molecular weight excluding hydrogens is 222 g/mol. The van der Waals surface area contributed by atoms with E-state index in [2.05, 4.69) is 10.4 Å². The van der Waals surface area contributed by atoms with Crippen LogP contribution in [0.25, 0.3) is 0 Å². The molecule has 0 bridgehead atoms. The van der Waals surface area contributed by atoms with E-state index in [0.29, 0.717) is 5.69 Å². The third-order valence-corrected chi connectivity index (χ3v) is 2.36. The molecule has 1 heterocycles. The molecule has 0 aliphatic rings. The SMILES string of the molecule is CC(CNC(=O)c1ccn(C(C)C)n1)C(=O)O. The first-order valence-corrected chi connectivity index (χ1v) is 5.48. The van der Waals surface area contributed by atoms with Gasteiger partial charge >= 0.3 is 5.97 Å². The van der Waals surface area contributed by atoms with Crippen LogP contribution in [0.3, 0.4) is 0 Å². The minimum absolute atomic E-state index is 0.0999. The van der Waals surface area contributed by atoms with E-state index in [1.54, 1.807) is 16.9 Å². The Kier molecular flexibility index (Phi) is 4.25. The first kappa shape index (κ1) is 13.2. The summed E-state index contributed by atoms with van der Waals surface area (Å²) in [6.45, 7) is 5.56. The molecule has 0 saturated carbocycles. The number of rotatable bonds is 5. The minimum Gasteiger partial charge on any atom is -0.481 e. The lowest BCUT2D eigenvalue weighted by Crippen LogP contribution is -2.31. The van der Waals surface area contributed by atoms with Gasteiger partial charge in [0.05, 0.1) is 5.92 Å². The number of carbonyl (C=O) groups is 2. The Morgan fingerprint density at radius 1 is 1.47 bits per heavy atom. The van der Waals surface area contributed by atoms with E-state index in [9.17, 15) is 9.59 Å². The third kappa shape index (κ3) is 3.58. The van der Waals surface area contributed by atoms with Crippen molar-refractivity contribution in [2.45, 2.75) is 26.8 Å². The van der Waals surface area contributed by atoms with Crippen molar-refractivity contribution in [3.05, 3.63) is 18.0 Å². The van der Waals surface area contributed by atoms with Crippen molar-refractivity contribution in [3.63, 3.8) is 0 Å². The van der Waals surface area contributed by atoms with Crippen LogP contribution in [0.15, 0.2) is 12.3 Å². The van der Waals surface area contributed by atoms with Gasteiger partial charge in [0.15, 0.2) is 0 Å². The average Bonchev–Trinajstić information content (AvgIpc) is 2.74. The molecule has 0 saturated heterocycles. The fourth-order valence-corrected chi connectivity index (χ4v) is 1.17. The number of hydrogen-bond acceptors (Lipinski definition) is 3. The highest BCUT2D eigenvalue weighted by Crippen LogP contribution is 2.04. The lowest BCUT2D eigenvalue weighted by molar-refractivity contribution is -0.140. The largest absolute Gasteiger partial charge is 0.481 e. The number of nitrogens with zero attached hydrogens (tertiary/aromatic N) is 2. The van der Waals surface area contributed by atoms with Gasteiger partial charge in [-0.1, -0.05) is 6.92 Å². The van der Waals surface area contributed by atoms with Crippen LogP contribution in [0.2, 0.25) is 0 Å². The third-order valence-electron chi connectivity index (χ3n) is 2.36. The van der Waals surface area contributed by atoms with Gasteiger partial charge < -0.3 is 10.4 Å². The Morgan fingerprint density at radius 2 is 2.12 bits per heavy atom. The van der Waals surface area contributed by atoms with Crippen LogP contribution in [0, 0.1) is 5.92 Å². The van der Waals surface area contributed by atoms with E-state index >= 15 is 0 Å². The highest BCUT2D eigenvalue weighted by molar-refractivity contribution is 5.92. The second kappa shape index (κ2) is 5.47. The topological polar surface area (TPSA) is 84.2 Å². The number of aliphatic carboxylic acids is 1. The maximum atomic E-state index is 11.6. The molecule has 6 nitrogen and oxygen atoms in total. The number of carbonyl (C=O) groups excluding carboxylic acids is 1. The molecule has 0 radical (unpaired) electrons. The zero-order valence-corrected chi connectivity index (χ0v) is 10.2. The number of carboxylic acids is 1. The summed E-state index contributed by atoms with van der Waals surface area (Å²) in [5.41, 5.74) is 0.302. The lowest BCUT2D eigenvalue weighted by Gasteiger charge is -2.07. The van der Waals surface area contributed by atoms with Crippen LogP contribution in [0.5, 0.6) is 0 Å². The molecule has 6 heteroatoms. The number of aromatic nitrogens is 2. The maximum Gasteiger partial charge on any atom is 0.308 e. The predicted octanol–water partition coefficient (Wildman–Crippen LogP) is 0.915. The summed E-state index contributed by atoms with van der Waals surface area (Å²) in [7, 11) is 0. The number of nitrogens with one attached hydrogen (secondary N) is 1. The Balaban J connectivity index is 2.55. The van der Waals surface area contributed by atoms with Crippen molar-refractivity contribution >= 4 is 11.9 Å². The van der Waals surface area contributed by atoms with Gasteiger partial charge in [-0.2, -0.15) is 5.10 Å². The molecule has 0 aromatic carbocycles. The first-order chi connectivity index (χ1) is 7.91. The summed E-state index contributed by atoms with van der Waals surface area (Å²) in [6.07, 6.45) is 1.72. The molecule has 2 N–H and O–H groups in total. The van der Waals surface area contributed by atoms with Gasteiger partial charge in [0, 0.05) is 18.8 Å². The Labute approximate surface area is 99.6 Å². The molecule has 1 aromatic rings. The van der Waals surface area contributed by atoms with Crippen molar-refractivity contribution in [1.82, 2.24) is 15.1 Å². The van der Waals surface area contributed by atoms with E-state index in [0.717, 1.165) is 0 Å². The normalized spacial score (nSPS) is 12.5. The Bertz CT molecular complexity index is 412. The quantitative estimate of drug-likeness (QED) is 0.800. The molecule has 1 aromatic heterocycles. The zero-order valence-electron chi connectivity index (χ0n) is 10.2. The maximum absolute atomic E-state index is 11.6. The van der Waals surface area contributed by atoms with E-state index in [-0.39, 0.29) is 18.5 Å². The van der Waals surface area contributed by atoms with Gasteiger partial charge in [0.2, 0.25) is 0 Å². The number of amides is 1. The van der Waals surface area contributed by atoms with Crippen molar-refractivity contribution in [1.29, 1.82) is 0 Å². The van der Waals surface area contributed by atoms with Crippen LogP contribution in [0.1, 0.15) is 37.3 Å². The summed E-state index contributed by atoms with van der Waals surface area (Å²) >= 11 is 0. The predicted molar refractivity (Wildman–Crippen MR) is 61.7 cm³/mol. The van der Waals surface area contributed by atoms with Gasteiger partial charge in [-0.15, -0.1) is 0 Å². The Hall–Kier alpha value is -1.85. The molecule has 0 spiro atoms. The molecule has 1 amide bonds.